The van der Waals surface area contributed by atoms with Crippen molar-refractivity contribution < 1.29 is 10.3 Å². The summed E-state index contributed by atoms with van der Waals surface area (Å²) in [6.07, 6.45) is 2.03. The lowest BCUT2D eigenvalue weighted by molar-refractivity contribution is 0.208. The summed E-state index contributed by atoms with van der Waals surface area (Å²) in [5, 5.41) is 21.7. The van der Waals surface area contributed by atoms with Crippen molar-refractivity contribution in [2.24, 2.45) is 16.8 Å². The molecule has 6 heteroatoms. The fraction of sp³-hybridized carbons (Fsp3) is 0.462. The number of hydrogen-bond donors (Lipinski definition) is 3. The molecule has 0 spiro atoms. The normalized spacial score (nSPS) is 20.6. The number of aliphatic hydroxyl groups is 1. The monoisotopic (exact) mass is 283 g/mol. The van der Waals surface area contributed by atoms with E-state index in [1.54, 1.807) is 6.07 Å². The summed E-state index contributed by atoms with van der Waals surface area (Å²) in [5.74, 6) is 0.264. The second-order valence-corrected chi connectivity index (χ2v) is 5.16. The second kappa shape index (κ2) is 6.12. The van der Waals surface area contributed by atoms with Gasteiger partial charge in [0.2, 0.25) is 0 Å². The molecule has 1 aromatic rings. The number of anilines is 1. The largest absolute Gasteiger partial charge is 0.409 e. The number of benzene rings is 1. The van der Waals surface area contributed by atoms with Crippen molar-refractivity contribution in [2.45, 2.75) is 12.8 Å². The van der Waals surface area contributed by atoms with E-state index >= 15 is 0 Å². The SMILES string of the molecule is NC(=NO)c1c(Cl)cccc1N1CCCC(CO)C1. The van der Waals surface area contributed by atoms with Gasteiger partial charge in [-0.15, -0.1) is 0 Å². The van der Waals surface area contributed by atoms with Crippen LogP contribution in [0.15, 0.2) is 23.4 Å². The number of amidine groups is 1. The quantitative estimate of drug-likeness (QED) is 0.341. The maximum absolute atomic E-state index is 9.29. The zero-order valence-electron chi connectivity index (χ0n) is 10.6. The van der Waals surface area contributed by atoms with Crippen LogP contribution in [0, 0.1) is 5.92 Å². The zero-order chi connectivity index (χ0) is 13.8. The van der Waals surface area contributed by atoms with Gasteiger partial charge in [-0.25, -0.2) is 0 Å². The molecule has 0 saturated carbocycles. The minimum absolute atomic E-state index is 0.00622. The molecular weight excluding hydrogens is 266 g/mol. The standard InChI is InChI=1S/C13H18ClN3O2/c14-10-4-1-5-11(12(10)13(15)16-19)17-6-2-3-9(7-17)8-18/h1,4-5,9,18-19H,2-3,6-8H2,(H2,15,16). The molecule has 1 fully saturated rings. The van der Waals surface area contributed by atoms with Gasteiger partial charge in [-0.3, -0.25) is 0 Å². The van der Waals surface area contributed by atoms with Crippen LogP contribution in [0.5, 0.6) is 0 Å². The number of rotatable bonds is 3. The number of halogens is 1. The van der Waals surface area contributed by atoms with Gasteiger partial charge in [0.25, 0.3) is 0 Å². The average molecular weight is 284 g/mol. The van der Waals surface area contributed by atoms with E-state index in [0.29, 0.717) is 10.6 Å². The van der Waals surface area contributed by atoms with Gasteiger partial charge in [-0.2, -0.15) is 0 Å². The molecule has 0 aliphatic carbocycles. The van der Waals surface area contributed by atoms with Crippen LogP contribution >= 0.6 is 11.6 Å². The molecule has 1 unspecified atom stereocenters. The number of piperidine rings is 1. The van der Waals surface area contributed by atoms with Crippen molar-refractivity contribution in [3.05, 3.63) is 28.8 Å². The summed E-state index contributed by atoms with van der Waals surface area (Å²) in [6.45, 7) is 1.81. The average Bonchev–Trinajstić information content (AvgIpc) is 2.46. The lowest BCUT2D eigenvalue weighted by atomic mass is 9.97. The van der Waals surface area contributed by atoms with Gasteiger partial charge < -0.3 is 20.9 Å². The van der Waals surface area contributed by atoms with Crippen LogP contribution in [0.1, 0.15) is 18.4 Å². The molecule has 0 bridgehead atoms. The third-order valence-corrected chi connectivity index (χ3v) is 3.79. The van der Waals surface area contributed by atoms with E-state index in [-0.39, 0.29) is 18.4 Å². The predicted molar refractivity (Wildman–Crippen MR) is 76.0 cm³/mol. The fourth-order valence-electron chi connectivity index (χ4n) is 2.51. The van der Waals surface area contributed by atoms with E-state index in [9.17, 15) is 5.11 Å². The number of oxime groups is 1. The molecule has 1 atom stereocenters. The van der Waals surface area contributed by atoms with E-state index in [0.717, 1.165) is 31.6 Å². The summed E-state index contributed by atoms with van der Waals surface area (Å²) in [4.78, 5) is 2.13. The molecule has 0 aromatic heterocycles. The van der Waals surface area contributed by atoms with Crippen molar-refractivity contribution in [2.75, 3.05) is 24.6 Å². The van der Waals surface area contributed by atoms with E-state index in [1.165, 1.54) is 0 Å². The lowest BCUT2D eigenvalue weighted by Gasteiger charge is -2.34. The summed E-state index contributed by atoms with van der Waals surface area (Å²) < 4.78 is 0. The molecular formula is C13H18ClN3O2. The molecule has 1 aliphatic heterocycles. The van der Waals surface area contributed by atoms with Crippen LogP contribution in [0.3, 0.4) is 0 Å². The highest BCUT2D eigenvalue weighted by atomic mass is 35.5. The molecule has 4 N–H and O–H groups in total. The smallest absolute Gasteiger partial charge is 0.173 e. The third kappa shape index (κ3) is 2.93. The second-order valence-electron chi connectivity index (χ2n) is 4.76. The molecule has 5 nitrogen and oxygen atoms in total. The maximum Gasteiger partial charge on any atom is 0.173 e. The Bertz CT molecular complexity index is 479. The lowest BCUT2D eigenvalue weighted by Crippen LogP contribution is -2.38. The first-order chi connectivity index (χ1) is 9.17. The third-order valence-electron chi connectivity index (χ3n) is 3.47. The Balaban J connectivity index is 2.36. The first kappa shape index (κ1) is 14.0. The van der Waals surface area contributed by atoms with Crippen molar-refractivity contribution in [3.8, 4) is 0 Å². The number of nitrogens with two attached hydrogens (primary N) is 1. The highest BCUT2D eigenvalue weighted by Gasteiger charge is 2.23. The van der Waals surface area contributed by atoms with Crippen LogP contribution in [-0.4, -0.2) is 35.8 Å². The van der Waals surface area contributed by atoms with E-state index in [2.05, 4.69) is 10.1 Å². The van der Waals surface area contributed by atoms with Gasteiger partial charge in [0.1, 0.15) is 0 Å². The van der Waals surface area contributed by atoms with Gasteiger partial charge >= 0.3 is 0 Å². The highest BCUT2D eigenvalue weighted by molar-refractivity contribution is 6.34. The number of hydrogen-bond acceptors (Lipinski definition) is 4. The van der Waals surface area contributed by atoms with Crippen molar-refractivity contribution in [1.29, 1.82) is 0 Å². The Morgan fingerprint density at radius 1 is 1.53 bits per heavy atom. The zero-order valence-corrected chi connectivity index (χ0v) is 11.3. The van der Waals surface area contributed by atoms with Crippen molar-refractivity contribution in [1.82, 2.24) is 0 Å². The molecule has 1 saturated heterocycles. The van der Waals surface area contributed by atoms with E-state index < -0.39 is 0 Å². The summed E-state index contributed by atoms with van der Waals surface area (Å²) in [7, 11) is 0. The van der Waals surface area contributed by atoms with Crippen molar-refractivity contribution >= 4 is 23.1 Å². The summed E-state index contributed by atoms with van der Waals surface area (Å²) in [6, 6.07) is 5.46. The summed E-state index contributed by atoms with van der Waals surface area (Å²) in [5.41, 5.74) is 7.10. The van der Waals surface area contributed by atoms with Crippen LogP contribution < -0.4 is 10.6 Å². The predicted octanol–water partition coefficient (Wildman–Crippen LogP) is 1.64. The Morgan fingerprint density at radius 3 is 3.00 bits per heavy atom. The molecule has 0 radical (unpaired) electrons. The first-order valence-corrected chi connectivity index (χ1v) is 6.67. The van der Waals surface area contributed by atoms with Crippen LogP contribution in [0.25, 0.3) is 0 Å². The Kier molecular flexibility index (Phi) is 4.50. The minimum atomic E-state index is 0.00622. The van der Waals surface area contributed by atoms with Crippen LogP contribution in [-0.2, 0) is 0 Å². The van der Waals surface area contributed by atoms with E-state index in [1.807, 2.05) is 12.1 Å². The number of aliphatic hydroxyl groups excluding tert-OH is 1. The van der Waals surface area contributed by atoms with Crippen LogP contribution in [0.2, 0.25) is 5.02 Å². The van der Waals surface area contributed by atoms with Gasteiger partial charge in [0.05, 0.1) is 10.6 Å². The molecule has 104 valence electrons. The topological polar surface area (TPSA) is 82.1 Å². The van der Waals surface area contributed by atoms with Gasteiger partial charge in [-0.1, -0.05) is 22.8 Å². The molecule has 1 aromatic carbocycles. The molecule has 0 amide bonds. The Hall–Kier alpha value is -1.46. The van der Waals surface area contributed by atoms with Gasteiger partial charge in [0, 0.05) is 25.4 Å². The fourth-order valence-corrected chi connectivity index (χ4v) is 2.78. The van der Waals surface area contributed by atoms with Crippen LogP contribution in [0.4, 0.5) is 5.69 Å². The molecule has 1 heterocycles. The van der Waals surface area contributed by atoms with Gasteiger partial charge in [-0.05, 0) is 30.9 Å². The van der Waals surface area contributed by atoms with E-state index in [4.69, 9.17) is 22.5 Å². The van der Waals surface area contributed by atoms with Crippen molar-refractivity contribution in [3.63, 3.8) is 0 Å². The minimum Gasteiger partial charge on any atom is -0.409 e. The molecule has 1 aliphatic rings. The molecule has 2 rings (SSSR count). The number of nitrogens with zero attached hydrogens (tertiary/aromatic N) is 2. The highest BCUT2D eigenvalue weighted by Crippen LogP contribution is 2.30. The Morgan fingerprint density at radius 2 is 2.32 bits per heavy atom. The van der Waals surface area contributed by atoms with Gasteiger partial charge in [0.15, 0.2) is 5.84 Å². The molecule has 19 heavy (non-hydrogen) atoms. The summed E-state index contributed by atoms with van der Waals surface area (Å²) >= 11 is 6.14. The maximum atomic E-state index is 9.29. The first-order valence-electron chi connectivity index (χ1n) is 6.29. The Labute approximate surface area is 117 Å².